The van der Waals surface area contributed by atoms with Crippen molar-refractivity contribution < 1.29 is 0 Å². The molecule has 0 radical (unpaired) electrons. The predicted molar refractivity (Wildman–Crippen MR) is 80.1 cm³/mol. The minimum absolute atomic E-state index is 0.000836. The maximum atomic E-state index is 9.10. The summed E-state index contributed by atoms with van der Waals surface area (Å²) < 4.78 is 0. The van der Waals surface area contributed by atoms with Crippen LogP contribution in [0.25, 0.3) is 0 Å². The second-order valence-electron chi connectivity index (χ2n) is 6.13. The third kappa shape index (κ3) is 4.76. The molecular formula is C15H30N4. The largest absolute Gasteiger partial charge is 0.304 e. The predicted octanol–water partition coefficient (Wildman–Crippen LogP) is 1.68. The number of nitrogens with zero attached hydrogens (tertiary/aromatic N) is 3. The molecule has 4 heteroatoms. The van der Waals surface area contributed by atoms with E-state index in [1.807, 2.05) is 0 Å². The molecule has 0 aromatic carbocycles. The molecule has 0 heterocycles. The van der Waals surface area contributed by atoms with E-state index in [-0.39, 0.29) is 6.04 Å². The lowest BCUT2D eigenvalue weighted by molar-refractivity contribution is 0.0273. The molecule has 1 fully saturated rings. The highest BCUT2D eigenvalue weighted by atomic mass is 15.2. The van der Waals surface area contributed by atoms with Crippen molar-refractivity contribution in [2.75, 3.05) is 40.8 Å². The Balaban J connectivity index is 2.30. The maximum absolute atomic E-state index is 9.10. The summed E-state index contributed by atoms with van der Waals surface area (Å²) in [5.74, 6) is 0. The Morgan fingerprint density at radius 2 is 2.00 bits per heavy atom. The van der Waals surface area contributed by atoms with E-state index >= 15 is 0 Å². The molecule has 1 atom stereocenters. The van der Waals surface area contributed by atoms with Gasteiger partial charge in [-0.05, 0) is 59.8 Å². The summed E-state index contributed by atoms with van der Waals surface area (Å²) in [7, 11) is 6.56. The van der Waals surface area contributed by atoms with E-state index in [0.717, 1.165) is 32.5 Å². The van der Waals surface area contributed by atoms with Crippen molar-refractivity contribution in [3.63, 3.8) is 0 Å². The van der Waals surface area contributed by atoms with Crippen LogP contribution in [0, 0.1) is 11.3 Å². The van der Waals surface area contributed by atoms with E-state index in [1.165, 1.54) is 19.3 Å². The quantitative estimate of drug-likeness (QED) is 0.689. The first-order chi connectivity index (χ1) is 9.04. The first-order valence-electron chi connectivity index (χ1n) is 7.53. The number of likely N-dealkylation sites (N-methyl/N-ethyl adjacent to an activating group) is 2. The number of hydrogen-bond donors (Lipinski definition) is 1. The van der Waals surface area contributed by atoms with E-state index in [9.17, 15) is 0 Å². The maximum Gasteiger partial charge on any atom is 0.0965 e. The van der Waals surface area contributed by atoms with Gasteiger partial charge in [-0.3, -0.25) is 0 Å². The molecule has 110 valence electrons. The van der Waals surface area contributed by atoms with Crippen molar-refractivity contribution >= 4 is 0 Å². The van der Waals surface area contributed by atoms with Crippen molar-refractivity contribution in [3.05, 3.63) is 0 Å². The average Bonchev–Trinajstić information content (AvgIpc) is 2.33. The van der Waals surface area contributed by atoms with Crippen molar-refractivity contribution in [1.29, 1.82) is 5.26 Å². The molecule has 0 saturated heterocycles. The van der Waals surface area contributed by atoms with Gasteiger partial charge in [0.05, 0.1) is 12.1 Å². The first-order valence-corrected chi connectivity index (χ1v) is 7.53. The van der Waals surface area contributed by atoms with Gasteiger partial charge in [0.25, 0.3) is 0 Å². The van der Waals surface area contributed by atoms with Crippen LogP contribution in [0.15, 0.2) is 0 Å². The SMILES string of the molecule is CCCNC(C#N)CCN(C)CC1(N(C)C)CCC1. The Hall–Kier alpha value is -0.630. The second-order valence-corrected chi connectivity index (χ2v) is 6.13. The summed E-state index contributed by atoms with van der Waals surface area (Å²) in [6.07, 6.45) is 5.96. The van der Waals surface area contributed by atoms with E-state index in [4.69, 9.17) is 5.26 Å². The minimum Gasteiger partial charge on any atom is -0.304 e. The zero-order chi connectivity index (χ0) is 14.3. The van der Waals surface area contributed by atoms with E-state index in [0.29, 0.717) is 5.54 Å². The highest BCUT2D eigenvalue weighted by Gasteiger charge is 2.39. The lowest BCUT2D eigenvalue weighted by Crippen LogP contribution is -2.56. The standard InChI is InChI=1S/C15H30N4/c1-5-10-17-14(12-16)7-11-19(4)13-15(18(2)3)8-6-9-15/h14,17H,5-11,13H2,1-4H3. The van der Waals surface area contributed by atoms with Crippen molar-refractivity contribution in [2.45, 2.75) is 50.6 Å². The zero-order valence-corrected chi connectivity index (χ0v) is 13.1. The lowest BCUT2D eigenvalue weighted by atomic mass is 9.75. The van der Waals surface area contributed by atoms with E-state index in [2.05, 4.69) is 49.3 Å². The third-order valence-corrected chi connectivity index (χ3v) is 4.39. The van der Waals surface area contributed by atoms with E-state index < -0.39 is 0 Å². The van der Waals surface area contributed by atoms with Gasteiger partial charge in [0, 0.05) is 18.6 Å². The smallest absolute Gasteiger partial charge is 0.0965 e. The highest BCUT2D eigenvalue weighted by Crippen LogP contribution is 2.36. The molecule has 4 nitrogen and oxygen atoms in total. The topological polar surface area (TPSA) is 42.3 Å². The summed E-state index contributed by atoms with van der Waals surface area (Å²) in [4.78, 5) is 4.77. The van der Waals surface area contributed by atoms with Gasteiger partial charge in [-0.1, -0.05) is 6.92 Å². The molecule has 1 saturated carbocycles. The second kappa shape index (κ2) is 7.84. The van der Waals surface area contributed by atoms with Gasteiger partial charge in [-0.2, -0.15) is 5.26 Å². The number of nitriles is 1. The molecule has 1 rings (SSSR count). The van der Waals surface area contributed by atoms with Crippen LogP contribution >= 0.6 is 0 Å². The molecule has 19 heavy (non-hydrogen) atoms. The van der Waals surface area contributed by atoms with Crippen LogP contribution in [0.2, 0.25) is 0 Å². The van der Waals surface area contributed by atoms with Gasteiger partial charge in [0.15, 0.2) is 0 Å². The molecule has 0 aromatic heterocycles. The molecule has 1 aliphatic rings. The molecule has 1 N–H and O–H groups in total. The van der Waals surface area contributed by atoms with Gasteiger partial charge in [0.1, 0.15) is 0 Å². The Morgan fingerprint density at radius 3 is 2.42 bits per heavy atom. The number of rotatable bonds is 9. The van der Waals surface area contributed by atoms with Crippen LogP contribution in [0.4, 0.5) is 0 Å². The summed E-state index contributed by atoms with van der Waals surface area (Å²) in [6, 6.07) is 2.36. The molecule has 0 aromatic rings. The summed E-state index contributed by atoms with van der Waals surface area (Å²) >= 11 is 0. The van der Waals surface area contributed by atoms with Crippen LogP contribution in [-0.2, 0) is 0 Å². The molecule has 0 bridgehead atoms. The zero-order valence-electron chi connectivity index (χ0n) is 13.1. The third-order valence-electron chi connectivity index (χ3n) is 4.39. The first kappa shape index (κ1) is 16.4. The Kier molecular flexibility index (Phi) is 6.78. The molecule has 0 amide bonds. The summed E-state index contributed by atoms with van der Waals surface area (Å²) in [6.45, 7) is 5.17. The van der Waals surface area contributed by atoms with Gasteiger partial charge in [-0.15, -0.1) is 0 Å². The minimum atomic E-state index is -0.000836. The normalized spacial score (nSPS) is 19.2. The lowest BCUT2D eigenvalue weighted by Gasteiger charge is -2.49. The van der Waals surface area contributed by atoms with Crippen LogP contribution in [0.1, 0.15) is 39.0 Å². The Bertz CT molecular complexity index is 291. The van der Waals surface area contributed by atoms with Crippen molar-refractivity contribution in [2.24, 2.45) is 0 Å². The molecule has 1 unspecified atom stereocenters. The molecule has 0 spiro atoms. The fraction of sp³-hybridized carbons (Fsp3) is 0.933. The van der Waals surface area contributed by atoms with Crippen LogP contribution < -0.4 is 5.32 Å². The summed E-state index contributed by atoms with van der Waals surface area (Å²) in [5, 5.41) is 12.4. The van der Waals surface area contributed by atoms with E-state index in [1.54, 1.807) is 0 Å². The van der Waals surface area contributed by atoms with Crippen molar-refractivity contribution in [3.8, 4) is 6.07 Å². The fourth-order valence-electron chi connectivity index (χ4n) is 2.79. The fourth-order valence-corrected chi connectivity index (χ4v) is 2.79. The number of hydrogen-bond acceptors (Lipinski definition) is 4. The molecule has 0 aliphatic heterocycles. The van der Waals surface area contributed by atoms with Crippen LogP contribution in [0.3, 0.4) is 0 Å². The Morgan fingerprint density at radius 1 is 1.32 bits per heavy atom. The van der Waals surface area contributed by atoms with Gasteiger partial charge >= 0.3 is 0 Å². The van der Waals surface area contributed by atoms with Gasteiger partial charge < -0.3 is 15.1 Å². The monoisotopic (exact) mass is 266 g/mol. The molecule has 1 aliphatic carbocycles. The van der Waals surface area contributed by atoms with Gasteiger partial charge in [0.2, 0.25) is 0 Å². The Labute approximate surface area is 118 Å². The summed E-state index contributed by atoms with van der Waals surface area (Å²) in [5.41, 5.74) is 0.383. The van der Waals surface area contributed by atoms with Gasteiger partial charge in [-0.25, -0.2) is 0 Å². The van der Waals surface area contributed by atoms with Crippen LogP contribution in [-0.4, -0.2) is 62.2 Å². The van der Waals surface area contributed by atoms with Crippen molar-refractivity contribution in [1.82, 2.24) is 15.1 Å². The highest BCUT2D eigenvalue weighted by molar-refractivity contribution is 4.98. The van der Waals surface area contributed by atoms with Crippen LogP contribution in [0.5, 0.6) is 0 Å². The number of nitrogens with one attached hydrogen (secondary N) is 1. The molecular weight excluding hydrogens is 236 g/mol. The average molecular weight is 266 g/mol.